The molecule has 6 nitrogen and oxygen atoms in total. The van der Waals surface area contributed by atoms with E-state index in [4.69, 9.17) is 4.52 Å². The predicted molar refractivity (Wildman–Crippen MR) is 113 cm³/mol. The monoisotopic (exact) mass is 409 g/mol. The lowest BCUT2D eigenvalue weighted by atomic mass is 9.97. The number of aryl methyl sites for hydroxylation is 1. The molecule has 4 rings (SSSR count). The number of piperidine rings is 1. The first-order valence-electron chi connectivity index (χ1n) is 9.83. The van der Waals surface area contributed by atoms with E-state index in [0.29, 0.717) is 29.5 Å². The molecular formula is C22H23N3O3S. The summed E-state index contributed by atoms with van der Waals surface area (Å²) in [5.74, 6) is -0.0796. The third-order valence-electron chi connectivity index (χ3n) is 5.23. The Labute approximate surface area is 173 Å². The highest BCUT2D eigenvalue weighted by molar-refractivity contribution is 7.12. The van der Waals surface area contributed by atoms with Crippen molar-refractivity contribution in [2.45, 2.75) is 26.2 Å². The minimum Gasteiger partial charge on any atom is -0.338 e. The molecule has 29 heavy (non-hydrogen) atoms. The van der Waals surface area contributed by atoms with Crippen molar-refractivity contribution < 1.29 is 14.1 Å². The number of anilines is 1. The van der Waals surface area contributed by atoms with Gasteiger partial charge in [-0.1, -0.05) is 42.4 Å². The maximum absolute atomic E-state index is 12.7. The SMILES string of the molecule is CCc1ccc(-c2cc(NC(=O)C3CCCN(C(=O)c4cccs4)C3)on2)cc1. The number of benzene rings is 1. The lowest BCUT2D eigenvalue weighted by Crippen LogP contribution is -2.43. The van der Waals surface area contributed by atoms with Crippen LogP contribution >= 0.6 is 11.3 Å². The van der Waals surface area contributed by atoms with Gasteiger partial charge in [-0.3, -0.25) is 14.9 Å². The molecular weight excluding hydrogens is 386 g/mol. The van der Waals surface area contributed by atoms with E-state index in [0.717, 1.165) is 24.8 Å². The molecule has 1 fully saturated rings. The standard InChI is InChI=1S/C22H23N3O3S/c1-2-15-7-9-16(10-8-15)18-13-20(28-24-18)23-21(26)17-5-3-11-25(14-17)22(27)19-6-4-12-29-19/h4,6-10,12-13,17H,2-3,5,11,14H2,1H3,(H,23,26). The Morgan fingerprint density at radius 2 is 2.10 bits per heavy atom. The van der Waals surface area contributed by atoms with Gasteiger partial charge in [0.25, 0.3) is 5.91 Å². The summed E-state index contributed by atoms with van der Waals surface area (Å²) in [6.45, 7) is 3.21. The van der Waals surface area contributed by atoms with Gasteiger partial charge in [0.15, 0.2) is 0 Å². The second-order valence-corrected chi connectivity index (χ2v) is 8.13. The molecule has 1 saturated heterocycles. The van der Waals surface area contributed by atoms with Crippen LogP contribution in [0.2, 0.25) is 0 Å². The predicted octanol–water partition coefficient (Wildman–Crippen LogP) is 4.46. The van der Waals surface area contributed by atoms with Gasteiger partial charge < -0.3 is 9.42 Å². The number of likely N-dealkylation sites (tertiary alicyclic amines) is 1. The van der Waals surface area contributed by atoms with Crippen molar-refractivity contribution in [3.05, 3.63) is 58.3 Å². The highest BCUT2D eigenvalue weighted by atomic mass is 32.1. The molecule has 1 atom stereocenters. The van der Waals surface area contributed by atoms with Crippen LogP contribution in [0.5, 0.6) is 0 Å². The summed E-state index contributed by atoms with van der Waals surface area (Å²) < 4.78 is 5.31. The molecule has 1 N–H and O–H groups in total. The molecule has 1 unspecified atom stereocenters. The fraction of sp³-hybridized carbons (Fsp3) is 0.318. The van der Waals surface area contributed by atoms with Gasteiger partial charge >= 0.3 is 0 Å². The summed E-state index contributed by atoms with van der Waals surface area (Å²) in [5, 5.41) is 8.77. The van der Waals surface area contributed by atoms with Gasteiger partial charge in [-0.15, -0.1) is 11.3 Å². The number of carbonyl (C=O) groups is 2. The van der Waals surface area contributed by atoms with E-state index in [1.54, 1.807) is 11.0 Å². The van der Waals surface area contributed by atoms with E-state index in [9.17, 15) is 9.59 Å². The Bertz CT molecular complexity index is 979. The van der Waals surface area contributed by atoms with Crippen LogP contribution in [0, 0.1) is 5.92 Å². The Hall–Kier alpha value is -2.93. The molecule has 1 aromatic carbocycles. The molecule has 2 amide bonds. The maximum Gasteiger partial charge on any atom is 0.263 e. The Kier molecular flexibility index (Phi) is 5.76. The first kappa shape index (κ1) is 19.4. The summed E-state index contributed by atoms with van der Waals surface area (Å²) in [4.78, 5) is 27.8. The zero-order valence-electron chi connectivity index (χ0n) is 16.3. The lowest BCUT2D eigenvalue weighted by Gasteiger charge is -2.31. The number of nitrogens with one attached hydrogen (secondary N) is 1. The number of hydrogen-bond acceptors (Lipinski definition) is 5. The number of nitrogens with zero attached hydrogens (tertiary/aromatic N) is 2. The van der Waals surface area contributed by atoms with E-state index < -0.39 is 0 Å². The number of carbonyl (C=O) groups excluding carboxylic acids is 2. The first-order valence-corrected chi connectivity index (χ1v) is 10.7. The van der Waals surface area contributed by atoms with Crippen LogP contribution in [0.15, 0.2) is 52.4 Å². The molecule has 0 aliphatic carbocycles. The summed E-state index contributed by atoms with van der Waals surface area (Å²) in [6.07, 6.45) is 2.54. The minimum absolute atomic E-state index is 0.00465. The molecule has 150 valence electrons. The van der Waals surface area contributed by atoms with Crippen molar-refractivity contribution in [1.82, 2.24) is 10.1 Å². The summed E-state index contributed by atoms with van der Waals surface area (Å²) in [7, 11) is 0. The fourth-order valence-corrected chi connectivity index (χ4v) is 4.23. The van der Waals surface area contributed by atoms with Crippen LogP contribution in [0.3, 0.4) is 0 Å². The molecule has 3 aromatic rings. The average molecular weight is 410 g/mol. The molecule has 0 saturated carbocycles. The fourth-order valence-electron chi connectivity index (χ4n) is 3.54. The zero-order valence-corrected chi connectivity index (χ0v) is 17.1. The molecule has 2 aromatic heterocycles. The van der Waals surface area contributed by atoms with Crippen LogP contribution < -0.4 is 5.32 Å². The smallest absolute Gasteiger partial charge is 0.263 e. The Balaban J connectivity index is 1.38. The molecule has 3 heterocycles. The first-order chi connectivity index (χ1) is 14.1. The van der Waals surface area contributed by atoms with Crippen molar-refractivity contribution >= 4 is 29.0 Å². The van der Waals surface area contributed by atoms with Crippen LogP contribution in [0.4, 0.5) is 5.88 Å². The van der Waals surface area contributed by atoms with Crippen molar-refractivity contribution in [2.24, 2.45) is 5.92 Å². The average Bonchev–Trinajstić information content (AvgIpc) is 3.46. The minimum atomic E-state index is -0.259. The summed E-state index contributed by atoms with van der Waals surface area (Å²) in [5.41, 5.74) is 2.88. The lowest BCUT2D eigenvalue weighted by molar-refractivity contribution is -0.121. The molecule has 1 aliphatic heterocycles. The van der Waals surface area contributed by atoms with Gasteiger partial charge in [0, 0.05) is 24.7 Å². The van der Waals surface area contributed by atoms with Gasteiger partial charge in [-0.05, 0) is 36.3 Å². The number of amides is 2. The highest BCUT2D eigenvalue weighted by Gasteiger charge is 2.29. The zero-order chi connectivity index (χ0) is 20.2. The largest absolute Gasteiger partial charge is 0.338 e. The molecule has 0 spiro atoms. The topological polar surface area (TPSA) is 75.4 Å². The van der Waals surface area contributed by atoms with E-state index in [1.165, 1.54) is 16.9 Å². The van der Waals surface area contributed by atoms with Gasteiger partial charge in [-0.2, -0.15) is 0 Å². The van der Waals surface area contributed by atoms with E-state index in [2.05, 4.69) is 29.5 Å². The van der Waals surface area contributed by atoms with Crippen molar-refractivity contribution in [1.29, 1.82) is 0 Å². The van der Waals surface area contributed by atoms with Crippen LogP contribution in [-0.4, -0.2) is 35.0 Å². The third kappa shape index (κ3) is 4.40. The highest BCUT2D eigenvalue weighted by Crippen LogP contribution is 2.25. The second kappa shape index (κ2) is 8.61. The Morgan fingerprint density at radius 3 is 2.83 bits per heavy atom. The third-order valence-corrected chi connectivity index (χ3v) is 6.08. The normalized spacial score (nSPS) is 16.6. The number of thiophene rings is 1. The number of hydrogen-bond donors (Lipinski definition) is 1. The van der Waals surface area contributed by atoms with Gasteiger partial charge in [0.05, 0.1) is 10.8 Å². The summed E-state index contributed by atoms with van der Waals surface area (Å²) in [6, 6.07) is 13.5. The second-order valence-electron chi connectivity index (χ2n) is 7.18. The molecule has 7 heteroatoms. The quantitative estimate of drug-likeness (QED) is 0.675. The maximum atomic E-state index is 12.7. The van der Waals surface area contributed by atoms with Gasteiger partial charge in [0.1, 0.15) is 5.69 Å². The van der Waals surface area contributed by atoms with E-state index in [-0.39, 0.29) is 17.7 Å². The van der Waals surface area contributed by atoms with Crippen molar-refractivity contribution in [3.8, 4) is 11.3 Å². The molecule has 1 aliphatic rings. The van der Waals surface area contributed by atoms with E-state index >= 15 is 0 Å². The van der Waals surface area contributed by atoms with Crippen LogP contribution in [-0.2, 0) is 11.2 Å². The molecule has 0 radical (unpaired) electrons. The van der Waals surface area contributed by atoms with Gasteiger partial charge in [0.2, 0.25) is 11.8 Å². The number of aromatic nitrogens is 1. The number of rotatable bonds is 5. The van der Waals surface area contributed by atoms with Gasteiger partial charge in [-0.25, -0.2) is 0 Å². The molecule has 0 bridgehead atoms. The van der Waals surface area contributed by atoms with Crippen LogP contribution in [0.25, 0.3) is 11.3 Å². The van der Waals surface area contributed by atoms with E-state index in [1.807, 2.05) is 29.6 Å². The van der Waals surface area contributed by atoms with Crippen molar-refractivity contribution in [2.75, 3.05) is 18.4 Å². The summed E-state index contributed by atoms with van der Waals surface area (Å²) >= 11 is 1.42. The Morgan fingerprint density at radius 1 is 1.28 bits per heavy atom. The van der Waals surface area contributed by atoms with Crippen LogP contribution in [0.1, 0.15) is 35.0 Å². The van der Waals surface area contributed by atoms with Crippen molar-refractivity contribution in [3.63, 3.8) is 0 Å².